The molecule has 1 atom stereocenters. The van der Waals surface area contributed by atoms with Gasteiger partial charge in [-0.3, -0.25) is 9.69 Å². The van der Waals surface area contributed by atoms with E-state index in [-0.39, 0.29) is 43.3 Å². The Morgan fingerprint density at radius 3 is 2.15 bits per heavy atom. The number of carbonyl (C=O) groups excluding carboxylic acids is 1. The van der Waals surface area contributed by atoms with E-state index in [1.54, 1.807) is 16.0 Å². The molecule has 0 N–H and O–H groups in total. The lowest BCUT2D eigenvalue weighted by atomic mass is 9.99. The molecule has 0 radical (unpaired) electrons. The first-order chi connectivity index (χ1) is 19.4. The maximum Gasteiger partial charge on any atom is 0.416 e. The van der Waals surface area contributed by atoms with Crippen LogP contribution in [0.3, 0.4) is 0 Å². The van der Waals surface area contributed by atoms with Crippen LogP contribution in [0.2, 0.25) is 0 Å². The predicted molar refractivity (Wildman–Crippen MR) is 139 cm³/mol. The highest BCUT2D eigenvalue weighted by Crippen LogP contribution is 2.36. The first-order valence-corrected chi connectivity index (χ1v) is 13.1. The standard InChI is InChI=1S/C29H28F6N4O2/c30-28(31,32)22-8-10-23(11-9-22)41-27(26(40)39-17-15-38(16-18-39)25-7-3-4-13-36-25)12-14-37(20-27)19-21-5-1-2-6-24(21)29(33,34)35/h1-11,13H,12,14-20H2. The van der Waals surface area contributed by atoms with Gasteiger partial charge < -0.3 is 14.5 Å². The van der Waals surface area contributed by atoms with E-state index in [4.69, 9.17) is 4.74 Å². The summed E-state index contributed by atoms with van der Waals surface area (Å²) in [7, 11) is 0. The summed E-state index contributed by atoms with van der Waals surface area (Å²) >= 11 is 0. The largest absolute Gasteiger partial charge is 0.476 e. The van der Waals surface area contributed by atoms with Crippen LogP contribution in [0.15, 0.2) is 72.9 Å². The fourth-order valence-corrected chi connectivity index (χ4v) is 5.38. The summed E-state index contributed by atoms with van der Waals surface area (Å²) in [5.41, 5.74) is -3.01. The van der Waals surface area contributed by atoms with Gasteiger partial charge in [-0.25, -0.2) is 4.98 Å². The molecule has 3 aromatic rings. The number of benzene rings is 2. The highest BCUT2D eigenvalue weighted by molar-refractivity contribution is 5.86. The Morgan fingerprint density at radius 1 is 0.829 bits per heavy atom. The van der Waals surface area contributed by atoms with E-state index >= 15 is 0 Å². The lowest BCUT2D eigenvalue weighted by molar-refractivity contribution is -0.148. The molecule has 41 heavy (non-hydrogen) atoms. The van der Waals surface area contributed by atoms with Crippen molar-refractivity contribution >= 4 is 11.7 Å². The van der Waals surface area contributed by atoms with Crippen molar-refractivity contribution in [3.8, 4) is 5.75 Å². The van der Waals surface area contributed by atoms with Crippen LogP contribution in [0.1, 0.15) is 23.1 Å². The van der Waals surface area contributed by atoms with Crippen molar-refractivity contribution in [1.82, 2.24) is 14.8 Å². The molecule has 12 heteroatoms. The molecule has 5 rings (SSSR count). The minimum atomic E-state index is -4.53. The van der Waals surface area contributed by atoms with Gasteiger partial charge in [-0.15, -0.1) is 0 Å². The molecule has 0 bridgehead atoms. The summed E-state index contributed by atoms with van der Waals surface area (Å²) in [5.74, 6) is 0.520. The minimum Gasteiger partial charge on any atom is -0.476 e. The average molecular weight is 579 g/mol. The maximum absolute atomic E-state index is 14.0. The third-order valence-corrected chi connectivity index (χ3v) is 7.45. The zero-order chi connectivity index (χ0) is 29.3. The molecular weight excluding hydrogens is 550 g/mol. The summed E-state index contributed by atoms with van der Waals surface area (Å²) in [6.07, 6.45) is -7.21. The molecule has 1 aromatic heterocycles. The van der Waals surface area contributed by atoms with Gasteiger partial charge in [0.05, 0.1) is 11.1 Å². The number of pyridine rings is 1. The molecule has 2 aliphatic heterocycles. The summed E-state index contributed by atoms with van der Waals surface area (Å²) in [4.78, 5) is 23.8. The van der Waals surface area contributed by atoms with Gasteiger partial charge in [0.15, 0.2) is 0 Å². The average Bonchev–Trinajstić information content (AvgIpc) is 3.36. The van der Waals surface area contributed by atoms with Crippen LogP contribution < -0.4 is 9.64 Å². The number of piperazine rings is 1. The Morgan fingerprint density at radius 2 is 1.51 bits per heavy atom. The second kappa shape index (κ2) is 11.2. The fraction of sp³-hybridized carbons (Fsp3) is 0.379. The second-order valence-electron chi connectivity index (χ2n) is 10.2. The molecule has 2 aliphatic rings. The van der Waals surface area contributed by atoms with Crippen molar-refractivity contribution in [2.24, 2.45) is 0 Å². The monoisotopic (exact) mass is 578 g/mol. The topological polar surface area (TPSA) is 48.9 Å². The van der Waals surface area contributed by atoms with Crippen molar-refractivity contribution < 1.29 is 35.9 Å². The quantitative estimate of drug-likeness (QED) is 0.362. The van der Waals surface area contributed by atoms with E-state index in [0.717, 1.165) is 24.0 Å². The lowest BCUT2D eigenvalue weighted by Crippen LogP contribution is -2.59. The van der Waals surface area contributed by atoms with E-state index in [0.29, 0.717) is 26.2 Å². The molecule has 1 amide bonds. The number of rotatable bonds is 6. The van der Waals surface area contributed by atoms with Crippen LogP contribution in [0.5, 0.6) is 5.75 Å². The lowest BCUT2D eigenvalue weighted by Gasteiger charge is -2.40. The Kier molecular flexibility index (Phi) is 7.87. The molecular formula is C29H28F6N4O2. The highest BCUT2D eigenvalue weighted by Gasteiger charge is 2.50. The van der Waals surface area contributed by atoms with Gasteiger partial charge in [0.1, 0.15) is 11.6 Å². The molecule has 0 aliphatic carbocycles. The van der Waals surface area contributed by atoms with Crippen LogP contribution in [0, 0.1) is 0 Å². The van der Waals surface area contributed by atoms with E-state index in [9.17, 15) is 31.1 Å². The van der Waals surface area contributed by atoms with Gasteiger partial charge in [-0.2, -0.15) is 26.3 Å². The minimum absolute atomic E-state index is 0.0144. The van der Waals surface area contributed by atoms with Crippen molar-refractivity contribution in [2.45, 2.75) is 30.9 Å². The van der Waals surface area contributed by atoms with Crippen LogP contribution in [0.4, 0.5) is 32.2 Å². The molecule has 218 valence electrons. The van der Waals surface area contributed by atoms with Gasteiger partial charge in [-0.1, -0.05) is 24.3 Å². The SMILES string of the molecule is O=C(N1CCN(c2ccccn2)CC1)C1(Oc2ccc(C(F)(F)F)cc2)CCN(Cc2ccccc2C(F)(F)F)C1. The number of hydrogen-bond acceptors (Lipinski definition) is 5. The van der Waals surface area contributed by atoms with Crippen LogP contribution in [-0.2, 0) is 23.7 Å². The molecule has 2 saturated heterocycles. The number of hydrogen-bond donors (Lipinski definition) is 0. The number of carbonyl (C=O) groups is 1. The first kappa shape index (κ1) is 28.7. The normalized spacial score (nSPS) is 20.3. The van der Waals surface area contributed by atoms with E-state index in [2.05, 4.69) is 4.98 Å². The van der Waals surface area contributed by atoms with Crippen molar-refractivity contribution in [3.05, 3.63) is 89.6 Å². The third-order valence-electron chi connectivity index (χ3n) is 7.45. The molecule has 2 aromatic carbocycles. The Hall–Kier alpha value is -3.80. The third kappa shape index (κ3) is 6.42. The van der Waals surface area contributed by atoms with Gasteiger partial charge in [0.25, 0.3) is 5.91 Å². The Bertz CT molecular complexity index is 1340. The molecule has 1 unspecified atom stereocenters. The van der Waals surface area contributed by atoms with Gasteiger partial charge in [0, 0.05) is 58.4 Å². The van der Waals surface area contributed by atoms with Crippen LogP contribution in [-0.4, -0.2) is 65.6 Å². The van der Waals surface area contributed by atoms with E-state index in [1.807, 2.05) is 23.1 Å². The summed E-state index contributed by atoms with van der Waals surface area (Å²) in [5, 5.41) is 0. The summed E-state index contributed by atoms with van der Waals surface area (Å²) < 4.78 is 86.3. The number of anilines is 1. The number of halogens is 6. The van der Waals surface area contributed by atoms with Crippen molar-refractivity contribution in [2.75, 3.05) is 44.2 Å². The summed E-state index contributed by atoms with van der Waals surface area (Å²) in [6, 6.07) is 14.9. The number of ether oxygens (including phenoxy) is 1. The van der Waals surface area contributed by atoms with Crippen molar-refractivity contribution in [3.63, 3.8) is 0 Å². The first-order valence-electron chi connectivity index (χ1n) is 13.1. The predicted octanol–water partition coefficient (Wildman–Crippen LogP) is 5.49. The maximum atomic E-state index is 14.0. The van der Waals surface area contributed by atoms with Crippen LogP contribution in [0.25, 0.3) is 0 Å². The molecule has 6 nitrogen and oxygen atoms in total. The zero-order valence-electron chi connectivity index (χ0n) is 22.0. The fourth-order valence-electron chi connectivity index (χ4n) is 5.38. The number of likely N-dealkylation sites (tertiary alicyclic amines) is 1. The molecule has 3 heterocycles. The van der Waals surface area contributed by atoms with Gasteiger partial charge >= 0.3 is 12.4 Å². The van der Waals surface area contributed by atoms with Gasteiger partial charge in [-0.05, 0) is 48.0 Å². The number of amides is 1. The van der Waals surface area contributed by atoms with Crippen LogP contribution >= 0.6 is 0 Å². The van der Waals surface area contributed by atoms with E-state index < -0.39 is 29.1 Å². The Labute approximate surface area is 233 Å². The number of nitrogens with zero attached hydrogens (tertiary/aromatic N) is 4. The number of alkyl halides is 6. The molecule has 2 fully saturated rings. The van der Waals surface area contributed by atoms with Gasteiger partial charge in [0.2, 0.25) is 5.60 Å². The van der Waals surface area contributed by atoms with Crippen molar-refractivity contribution in [1.29, 1.82) is 0 Å². The molecule has 0 saturated carbocycles. The second-order valence-corrected chi connectivity index (χ2v) is 10.2. The Balaban J connectivity index is 1.37. The number of aromatic nitrogens is 1. The smallest absolute Gasteiger partial charge is 0.416 e. The zero-order valence-corrected chi connectivity index (χ0v) is 22.0. The molecule has 0 spiro atoms. The van der Waals surface area contributed by atoms with E-state index in [1.165, 1.54) is 30.3 Å². The summed E-state index contributed by atoms with van der Waals surface area (Å²) in [6.45, 7) is 1.96. The highest BCUT2D eigenvalue weighted by atomic mass is 19.4.